The second kappa shape index (κ2) is 3.90. The molecule has 0 spiro atoms. The van der Waals surface area contributed by atoms with Crippen molar-refractivity contribution in [1.29, 1.82) is 0 Å². The molecule has 0 atom stereocenters. The lowest BCUT2D eigenvalue weighted by Gasteiger charge is -2.00. The molecule has 1 heterocycles. The lowest BCUT2D eigenvalue weighted by molar-refractivity contribution is 0.651. The lowest BCUT2D eigenvalue weighted by Crippen LogP contribution is -1.92. The Morgan fingerprint density at radius 3 is 2.58 bits per heavy atom. The summed E-state index contributed by atoms with van der Waals surface area (Å²) >= 11 is 1.77. The predicted molar refractivity (Wildman–Crippen MR) is 54.9 cm³/mol. The smallest absolute Gasteiger partial charge is 0.182 e. The molecule has 0 bridgehead atoms. The number of hydrogen-bond acceptors (Lipinski definition) is 3. The number of hydrogen-bond donors (Lipinski definition) is 1. The summed E-state index contributed by atoms with van der Waals surface area (Å²) in [5.74, 6) is 0.717. The van der Waals surface area contributed by atoms with Crippen LogP contribution >= 0.6 is 11.3 Å². The molecule has 1 rings (SSSR count). The molecule has 0 aliphatic heterocycles. The van der Waals surface area contributed by atoms with E-state index >= 15 is 0 Å². The van der Waals surface area contributed by atoms with Gasteiger partial charge >= 0.3 is 0 Å². The maximum Gasteiger partial charge on any atom is 0.182 e. The summed E-state index contributed by atoms with van der Waals surface area (Å²) in [4.78, 5) is 5.80. The van der Waals surface area contributed by atoms with E-state index in [-0.39, 0.29) is 0 Å². The monoisotopic (exact) mass is 184 g/mol. The standard InChI is InChI=1S/C9H16N2S/c1-6(2)5-8-7(3)11-9(10-4)12-8/h6H,5H2,1-4H3,(H,10,11). The summed E-state index contributed by atoms with van der Waals surface area (Å²) in [6, 6.07) is 0. The highest BCUT2D eigenvalue weighted by atomic mass is 32.1. The van der Waals surface area contributed by atoms with Crippen molar-refractivity contribution in [2.75, 3.05) is 12.4 Å². The van der Waals surface area contributed by atoms with Gasteiger partial charge in [-0.3, -0.25) is 0 Å². The van der Waals surface area contributed by atoms with Crippen LogP contribution in [0.5, 0.6) is 0 Å². The average molecular weight is 184 g/mol. The Balaban J connectivity index is 2.77. The Kier molecular flexibility index (Phi) is 3.09. The summed E-state index contributed by atoms with van der Waals surface area (Å²) in [7, 11) is 1.91. The summed E-state index contributed by atoms with van der Waals surface area (Å²) in [5, 5.41) is 4.10. The maximum absolute atomic E-state index is 4.39. The zero-order chi connectivity index (χ0) is 9.14. The molecule has 0 fully saturated rings. The van der Waals surface area contributed by atoms with E-state index < -0.39 is 0 Å². The number of anilines is 1. The van der Waals surface area contributed by atoms with Gasteiger partial charge in [-0.2, -0.15) is 0 Å². The van der Waals surface area contributed by atoms with Crippen molar-refractivity contribution < 1.29 is 0 Å². The van der Waals surface area contributed by atoms with Gasteiger partial charge in [-0.15, -0.1) is 11.3 Å². The van der Waals surface area contributed by atoms with Gasteiger partial charge in [0.1, 0.15) is 0 Å². The normalized spacial score (nSPS) is 10.8. The molecule has 2 nitrogen and oxygen atoms in total. The minimum atomic E-state index is 0.717. The molecule has 0 saturated heterocycles. The van der Waals surface area contributed by atoms with Crippen LogP contribution in [0.2, 0.25) is 0 Å². The van der Waals surface area contributed by atoms with Crippen molar-refractivity contribution in [2.45, 2.75) is 27.2 Å². The molecule has 1 aromatic rings. The summed E-state index contributed by atoms with van der Waals surface area (Å²) in [5.41, 5.74) is 1.18. The van der Waals surface area contributed by atoms with Crippen LogP contribution in [0.1, 0.15) is 24.4 Å². The Labute approximate surface area is 78.0 Å². The summed E-state index contributed by atoms with van der Waals surface area (Å²) in [6.45, 7) is 6.55. The van der Waals surface area contributed by atoms with Gasteiger partial charge in [-0.05, 0) is 19.3 Å². The predicted octanol–water partition coefficient (Wildman–Crippen LogP) is 2.69. The van der Waals surface area contributed by atoms with E-state index in [0.717, 1.165) is 11.6 Å². The average Bonchev–Trinajstić information content (AvgIpc) is 2.31. The van der Waals surface area contributed by atoms with Gasteiger partial charge in [0.15, 0.2) is 5.13 Å². The Bertz CT molecular complexity index is 253. The van der Waals surface area contributed by atoms with Crippen LogP contribution in [-0.2, 0) is 6.42 Å². The number of aromatic nitrogens is 1. The zero-order valence-corrected chi connectivity index (χ0v) is 8.96. The second-order valence-corrected chi connectivity index (χ2v) is 4.46. The molecule has 0 aromatic carbocycles. The fourth-order valence-corrected chi connectivity index (χ4v) is 2.22. The number of rotatable bonds is 3. The SMILES string of the molecule is CNc1nc(C)c(CC(C)C)s1. The van der Waals surface area contributed by atoms with Crippen LogP contribution in [-0.4, -0.2) is 12.0 Å². The van der Waals surface area contributed by atoms with Gasteiger partial charge in [0, 0.05) is 11.9 Å². The number of aryl methyl sites for hydroxylation is 1. The highest BCUT2D eigenvalue weighted by Crippen LogP contribution is 2.24. The Hall–Kier alpha value is -0.570. The van der Waals surface area contributed by atoms with Crippen LogP contribution in [0, 0.1) is 12.8 Å². The Morgan fingerprint density at radius 1 is 1.50 bits per heavy atom. The molecular weight excluding hydrogens is 168 g/mol. The Morgan fingerprint density at radius 2 is 2.17 bits per heavy atom. The third-order valence-corrected chi connectivity index (χ3v) is 2.90. The van der Waals surface area contributed by atoms with Gasteiger partial charge in [0.2, 0.25) is 0 Å². The summed E-state index contributed by atoms with van der Waals surface area (Å²) in [6.07, 6.45) is 1.14. The molecular formula is C9H16N2S. The molecule has 0 saturated carbocycles. The van der Waals surface area contributed by atoms with E-state index in [4.69, 9.17) is 0 Å². The molecule has 0 aliphatic rings. The number of nitrogens with zero attached hydrogens (tertiary/aromatic N) is 1. The largest absolute Gasteiger partial charge is 0.365 e. The highest BCUT2D eigenvalue weighted by Gasteiger charge is 2.07. The third kappa shape index (κ3) is 2.21. The first-order valence-corrected chi connectivity index (χ1v) is 5.09. The van der Waals surface area contributed by atoms with Crippen LogP contribution in [0.25, 0.3) is 0 Å². The number of nitrogens with one attached hydrogen (secondary N) is 1. The molecule has 0 aliphatic carbocycles. The molecule has 3 heteroatoms. The minimum absolute atomic E-state index is 0.717. The van der Waals surface area contributed by atoms with Crippen molar-refractivity contribution in [1.82, 2.24) is 4.98 Å². The van der Waals surface area contributed by atoms with Crippen molar-refractivity contribution in [3.8, 4) is 0 Å². The quantitative estimate of drug-likeness (QED) is 0.781. The van der Waals surface area contributed by atoms with E-state index in [2.05, 4.69) is 31.1 Å². The van der Waals surface area contributed by atoms with E-state index in [9.17, 15) is 0 Å². The van der Waals surface area contributed by atoms with Gasteiger partial charge in [0.25, 0.3) is 0 Å². The van der Waals surface area contributed by atoms with E-state index in [1.54, 1.807) is 11.3 Å². The van der Waals surface area contributed by atoms with Gasteiger partial charge in [-0.1, -0.05) is 13.8 Å². The minimum Gasteiger partial charge on any atom is -0.365 e. The maximum atomic E-state index is 4.39. The van der Waals surface area contributed by atoms with Gasteiger partial charge < -0.3 is 5.32 Å². The van der Waals surface area contributed by atoms with E-state index in [1.165, 1.54) is 10.6 Å². The van der Waals surface area contributed by atoms with Crippen LogP contribution in [0.3, 0.4) is 0 Å². The summed E-state index contributed by atoms with van der Waals surface area (Å²) < 4.78 is 0. The highest BCUT2D eigenvalue weighted by molar-refractivity contribution is 7.15. The second-order valence-electron chi connectivity index (χ2n) is 3.38. The molecule has 0 radical (unpaired) electrons. The molecule has 0 amide bonds. The van der Waals surface area contributed by atoms with Crippen molar-refractivity contribution in [2.24, 2.45) is 5.92 Å². The lowest BCUT2D eigenvalue weighted by atomic mass is 10.1. The molecule has 68 valence electrons. The molecule has 1 N–H and O–H groups in total. The van der Waals surface area contributed by atoms with Crippen molar-refractivity contribution in [3.63, 3.8) is 0 Å². The first-order valence-electron chi connectivity index (χ1n) is 4.27. The molecule has 1 aromatic heterocycles. The fraction of sp³-hybridized carbons (Fsp3) is 0.667. The first kappa shape index (κ1) is 9.52. The van der Waals surface area contributed by atoms with Crippen molar-refractivity contribution >= 4 is 16.5 Å². The first-order chi connectivity index (χ1) is 5.63. The fourth-order valence-electron chi connectivity index (χ4n) is 1.10. The van der Waals surface area contributed by atoms with E-state index in [0.29, 0.717) is 5.92 Å². The van der Waals surface area contributed by atoms with Crippen LogP contribution in [0.15, 0.2) is 0 Å². The van der Waals surface area contributed by atoms with Gasteiger partial charge in [-0.25, -0.2) is 4.98 Å². The third-order valence-electron chi connectivity index (χ3n) is 1.70. The van der Waals surface area contributed by atoms with Gasteiger partial charge in [0.05, 0.1) is 5.69 Å². The molecule has 12 heavy (non-hydrogen) atoms. The van der Waals surface area contributed by atoms with Crippen LogP contribution in [0.4, 0.5) is 5.13 Å². The molecule has 0 unspecified atom stereocenters. The number of thiazole rings is 1. The van der Waals surface area contributed by atoms with E-state index in [1.807, 2.05) is 7.05 Å². The van der Waals surface area contributed by atoms with Crippen molar-refractivity contribution in [3.05, 3.63) is 10.6 Å². The zero-order valence-electron chi connectivity index (χ0n) is 8.14. The van der Waals surface area contributed by atoms with Crippen LogP contribution < -0.4 is 5.32 Å². The topological polar surface area (TPSA) is 24.9 Å².